The summed E-state index contributed by atoms with van der Waals surface area (Å²) in [5.41, 5.74) is 1.12. The summed E-state index contributed by atoms with van der Waals surface area (Å²) >= 11 is 0. The summed E-state index contributed by atoms with van der Waals surface area (Å²) in [6, 6.07) is 9.95. The summed E-state index contributed by atoms with van der Waals surface area (Å²) in [7, 11) is 0. The number of hydrogen-bond donors (Lipinski definition) is 1. The van der Waals surface area contributed by atoms with Crippen LogP contribution in [0.3, 0.4) is 0 Å². The highest BCUT2D eigenvalue weighted by Gasteiger charge is 2.28. The van der Waals surface area contributed by atoms with Gasteiger partial charge in [0.05, 0.1) is 19.1 Å². The van der Waals surface area contributed by atoms with Gasteiger partial charge in [0.15, 0.2) is 0 Å². The van der Waals surface area contributed by atoms with Crippen LogP contribution in [0, 0.1) is 5.92 Å². The predicted molar refractivity (Wildman–Crippen MR) is 84.1 cm³/mol. The van der Waals surface area contributed by atoms with E-state index in [1.165, 1.54) is 0 Å². The van der Waals surface area contributed by atoms with Crippen LogP contribution in [0.4, 0.5) is 0 Å². The van der Waals surface area contributed by atoms with Gasteiger partial charge in [-0.15, -0.1) is 0 Å². The number of nitrogens with zero attached hydrogens (tertiary/aromatic N) is 1. The zero-order chi connectivity index (χ0) is 15.8. The summed E-state index contributed by atoms with van der Waals surface area (Å²) in [5, 5.41) is 2.90. The number of likely N-dealkylation sites (tertiary alicyclic amines) is 1. The van der Waals surface area contributed by atoms with Gasteiger partial charge in [0, 0.05) is 26.1 Å². The van der Waals surface area contributed by atoms with Gasteiger partial charge in [-0.05, 0) is 18.9 Å². The van der Waals surface area contributed by atoms with Crippen molar-refractivity contribution in [1.29, 1.82) is 0 Å². The number of rotatable bonds is 7. The fourth-order valence-corrected chi connectivity index (χ4v) is 2.59. The van der Waals surface area contributed by atoms with Gasteiger partial charge in [-0.1, -0.05) is 30.3 Å². The molecule has 0 unspecified atom stereocenters. The van der Waals surface area contributed by atoms with Crippen molar-refractivity contribution < 1.29 is 14.3 Å². The van der Waals surface area contributed by atoms with Gasteiger partial charge in [0.2, 0.25) is 11.8 Å². The first-order valence-corrected chi connectivity index (χ1v) is 7.88. The maximum absolute atomic E-state index is 12.1. The molecular weight excluding hydrogens is 280 g/mol. The molecule has 0 radical (unpaired) electrons. The highest BCUT2D eigenvalue weighted by Crippen LogP contribution is 2.17. The average Bonchev–Trinajstić information content (AvgIpc) is 2.55. The van der Waals surface area contributed by atoms with Gasteiger partial charge >= 0.3 is 0 Å². The van der Waals surface area contributed by atoms with E-state index in [0.29, 0.717) is 45.7 Å². The van der Waals surface area contributed by atoms with Gasteiger partial charge in [0.25, 0.3) is 0 Å². The lowest BCUT2D eigenvalue weighted by Crippen LogP contribution is -2.46. The van der Waals surface area contributed by atoms with Gasteiger partial charge in [0.1, 0.15) is 0 Å². The number of carbonyl (C=O) groups is 2. The van der Waals surface area contributed by atoms with E-state index in [4.69, 9.17) is 4.74 Å². The first kappa shape index (κ1) is 16.5. The van der Waals surface area contributed by atoms with Gasteiger partial charge < -0.3 is 15.0 Å². The lowest BCUT2D eigenvalue weighted by atomic mass is 9.96. The van der Waals surface area contributed by atoms with Gasteiger partial charge in [-0.25, -0.2) is 0 Å². The molecule has 1 aliphatic heterocycles. The topological polar surface area (TPSA) is 58.6 Å². The summed E-state index contributed by atoms with van der Waals surface area (Å²) < 4.78 is 5.54. The molecule has 2 amide bonds. The molecular formula is C17H24N2O3. The smallest absolute Gasteiger partial charge is 0.224 e. The van der Waals surface area contributed by atoms with E-state index in [0.717, 1.165) is 5.56 Å². The molecule has 0 spiro atoms. The maximum atomic E-state index is 12.1. The highest BCUT2D eigenvalue weighted by molar-refractivity contribution is 5.83. The average molecular weight is 304 g/mol. The Morgan fingerprint density at radius 3 is 2.86 bits per heavy atom. The van der Waals surface area contributed by atoms with Crippen molar-refractivity contribution in [1.82, 2.24) is 10.2 Å². The Bertz CT molecular complexity index is 490. The molecule has 5 nitrogen and oxygen atoms in total. The molecule has 120 valence electrons. The first-order valence-electron chi connectivity index (χ1n) is 7.88. The van der Waals surface area contributed by atoms with E-state index < -0.39 is 0 Å². The molecule has 1 N–H and O–H groups in total. The molecule has 2 rings (SSSR count). The molecule has 1 aromatic rings. The monoisotopic (exact) mass is 304 g/mol. The number of hydrogen-bond acceptors (Lipinski definition) is 3. The third-order valence-corrected chi connectivity index (χ3v) is 3.91. The molecule has 22 heavy (non-hydrogen) atoms. The second kappa shape index (κ2) is 8.54. The third-order valence-electron chi connectivity index (χ3n) is 3.91. The Labute approximate surface area is 131 Å². The van der Waals surface area contributed by atoms with E-state index in [9.17, 15) is 9.59 Å². The number of amides is 2. The minimum absolute atomic E-state index is 0.0225. The predicted octanol–water partition coefficient (Wildman–Crippen LogP) is 1.58. The Morgan fingerprint density at radius 2 is 2.14 bits per heavy atom. The fourth-order valence-electron chi connectivity index (χ4n) is 2.59. The van der Waals surface area contributed by atoms with Crippen molar-refractivity contribution in [3.05, 3.63) is 35.9 Å². The number of benzene rings is 1. The largest absolute Gasteiger partial charge is 0.375 e. The van der Waals surface area contributed by atoms with Crippen LogP contribution in [0.5, 0.6) is 0 Å². The summed E-state index contributed by atoms with van der Waals surface area (Å²) in [5.74, 6) is 0.0822. The van der Waals surface area contributed by atoms with Crippen molar-refractivity contribution in [3.8, 4) is 0 Å². The van der Waals surface area contributed by atoms with E-state index >= 15 is 0 Å². The third kappa shape index (κ3) is 4.84. The zero-order valence-electron chi connectivity index (χ0n) is 13.1. The standard InChI is InChI=1S/C17H24N2O3/c1-2-19-12-15(8-9-16(19)20)17(21)18-10-11-22-13-14-6-4-3-5-7-14/h3-7,15H,2,8-13H2,1H3,(H,18,21)/t15-/m1/s1. The van der Waals surface area contributed by atoms with Crippen LogP contribution in [0.2, 0.25) is 0 Å². The molecule has 1 saturated heterocycles. The molecule has 1 atom stereocenters. The zero-order valence-corrected chi connectivity index (χ0v) is 13.1. The highest BCUT2D eigenvalue weighted by atomic mass is 16.5. The molecule has 1 aromatic carbocycles. The number of ether oxygens (including phenoxy) is 1. The molecule has 0 aromatic heterocycles. The van der Waals surface area contributed by atoms with Crippen LogP contribution in [0.25, 0.3) is 0 Å². The second-order valence-corrected chi connectivity index (χ2v) is 5.50. The SMILES string of the molecule is CCN1C[C@H](C(=O)NCCOCc2ccccc2)CCC1=O. The summed E-state index contributed by atoms with van der Waals surface area (Å²) in [4.78, 5) is 25.4. The molecule has 0 saturated carbocycles. The van der Waals surface area contributed by atoms with Crippen molar-refractivity contribution in [2.45, 2.75) is 26.4 Å². The molecule has 1 aliphatic rings. The van der Waals surface area contributed by atoms with E-state index in [-0.39, 0.29) is 17.7 Å². The van der Waals surface area contributed by atoms with Crippen molar-refractivity contribution in [3.63, 3.8) is 0 Å². The Balaban J connectivity index is 1.62. The van der Waals surface area contributed by atoms with Gasteiger partial charge in [-0.2, -0.15) is 0 Å². The molecule has 0 bridgehead atoms. The van der Waals surface area contributed by atoms with Crippen molar-refractivity contribution >= 4 is 11.8 Å². The fraction of sp³-hybridized carbons (Fsp3) is 0.529. The second-order valence-electron chi connectivity index (χ2n) is 5.50. The molecule has 1 heterocycles. The molecule has 1 fully saturated rings. The van der Waals surface area contributed by atoms with E-state index in [1.54, 1.807) is 4.90 Å². The molecule has 0 aliphatic carbocycles. The van der Waals surface area contributed by atoms with Crippen LogP contribution in [-0.4, -0.2) is 43.0 Å². The Kier molecular flexibility index (Phi) is 6.40. The van der Waals surface area contributed by atoms with E-state index in [1.807, 2.05) is 37.3 Å². The maximum Gasteiger partial charge on any atom is 0.224 e. The first-order chi connectivity index (χ1) is 10.7. The summed E-state index contributed by atoms with van der Waals surface area (Å²) in [6.07, 6.45) is 1.11. The lowest BCUT2D eigenvalue weighted by Gasteiger charge is -2.31. The normalized spacial score (nSPS) is 18.3. The van der Waals surface area contributed by atoms with Crippen LogP contribution >= 0.6 is 0 Å². The van der Waals surface area contributed by atoms with Crippen LogP contribution in [-0.2, 0) is 20.9 Å². The minimum atomic E-state index is -0.0910. The summed E-state index contributed by atoms with van der Waals surface area (Å²) in [6.45, 7) is 4.69. The number of nitrogens with one attached hydrogen (secondary N) is 1. The Morgan fingerprint density at radius 1 is 1.36 bits per heavy atom. The quantitative estimate of drug-likeness (QED) is 0.778. The van der Waals surface area contributed by atoms with Crippen LogP contribution in [0.1, 0.15) is 25.3 Å². The number of carbonyl (C=O) groups excluding carboxylic acids is 2. The number of piperidine rings is 1. The minimum Gasteiger partial charge on any atom is -0.375 e. The molecule has 5 heteroatoms. The van der Waals surface area contributed by atoms with Gasteiger partial charge in [-0.3, -0.25) is 9.59 Å². The van der Waals surface area contributed by atoms with Crippen molar-refractivity contribution in [2.24, 2.45) is 5.92 Å². The Hall–Kier alpha value is -1.88. The lowest BCUT2D eigenvalue weighted by molar-refractivity contribution is -0.138. The van der Waals surface area contributed by atoms with Crippen molar-refractivity contribution in [2.75, 3.05) is 26.2 Å². The van der Waals surface area contributed by atoms with Crippen LogP contribution in [0.15, 0.2) is 30.3 Å². The van der Waals surface area contributed by atoms with E-state index in [2.05, 4.69) is 5.32 Å². The van der Waals surface area contributed by atoms with Crippen LogP contribution < -0.4 is 5.32 Å².